The van der Waals surface area contributed by atoms with Crippen LogP contribution in [0, 0.1) is 0 Å². The summed E-state index contributed by atoms with van der Waals surface area (Å²) < 4.78 is 11.0. The molecule has 5 aromatic heterocycles. The minimum absolute atomic E-state index is 0.00131. The lowest BCUT2D eigenvalue weighted by Crippen LogP contribution is -2.12. The molecule has 6 nitrogen and oxygen atoms in total. The van der Waals surface area contributed by atoms with Gasteiger partial charge in [-0.05, 0) is 78.6 Å². The fourth-order valence-electron chi connectivity index (χ4n) is 6.52. The van der Waals surface area contributed by atoms with Gasteiger partial charge in [0.25, 0.3) is 0 Å². The van der Waals surface area contributed by atoms with Gasteiger partial charge in [-0.15, -0.1) is 0 Å². The van der Waals surface area contributed by atoms with Gasteiger partial charge in [0, 0.05) is 40.4 Å². The number of rotatable bonds is 5. The number of imidazole rings is 1. The average molecular weight is 600 g/mol. The van der Waals surface area contributed by atoms with Crippen molar-refractivity contribution >= 4 is 61.7 Å². The molecule has 224 valence electrons. The van der Waals surface area contributed by atoms with Crippen LogP contribution in [0.1, 0.15) is 44.4 Å². The number of aromatic nitrogens is 5. The van der Waals surface area contributed by atoms with Crippen LogP contribution >= 0.6 is 0 Å². The standard InChI is InChI=1S/C40H33N5O/c1-6-28-31(39-43-32-13-8-10-15-34(32)45(39)35-16-11-20-42-38(28)35)22-25(2)46-27-17-18-30-29-12-7-9-14-33(29)44(36(30)24-27)37-23-26(19-21-41-37)40(3,4)5/h6-24H,1H2,2-5H3/b25-22+. The van der Waals surface area contributed by atoms with Crippen molar-refractivity contribution in [1.82, 2.24) is 23.9 Å². The highest BCUT2D eigenvalue weighted by Gasteiger charge is 2.19. The van der Waals surface area contributed by atoms with Gasteiger partial charge in [-0.1, -0.05) is 63.8 Å². The van der Waals surface area contributed by atoms with Crippen molar-refractivity contribution in [2.75, 3.05) is 0 Å². The molecule has 0 spiro atoms. The van der Waals surface area contributed by atoms with Crippen LogP contribution in [0.3, 0.4) is 0 Å². The van der Waals surface area contributed by atoms with Crippen molar-refractivity contribution in [3.8, 4) is 11.6 Å². The predicted molar refractivity (Wildman–Crippen MR) is 190 cm³/mol. The number of benzene rings is 3. The Balaban J connectivity index is 1.29. The Morgan fingerprint density at radius 2 is 1.52 bits per heavy atom. The van der Waals surface area contributed by atoms with Crippen molar-refractivity contribution in [1.29, 1.82) is 0 Å². The molecule has 0 saturated heterocycles. The third-order valence-corrected chi connectivity index (χ3v) is 8.69. The van der Waals surface area contributed by atoms with E-state index in [4.69, 9.17) is 19.7 Å². The van der Waals surface area contributed by atoms with Gasteiger partial charge in [0.2, 0.25) is 0 Å². The number of ether oxygens (including phenoxy) is 1. The van der Waals surface area contributed by atoms with E-state index >= 15 is 0 Å². The minimum Gasteiger partial charge on any atom is -0.462 e. The fourth-order valence-corrected chi connectivity index (χ4v) is 6.52. The molecule has 0 aliphatic heterocycles. The molecule has 0 bridgehead atoms. The van der Waals surface area contributed by atoms with Crippen molar-refractivity contribution in [2.45, 2.75) is 33.1 Å². The van der Waals surface area contributed by atoms with Crippen molar-refractivity contribution < 1.29 is 4.74 Å². The summed E-state index contributed by atoms with van der Waals surface area (Å²) in [7, 11) is 0. The Labute approximate surface area is 266 Å². The summed E-state index contributed by atoms with van der Waals surface area (Å²) in [6.07, 6.45) is 7.62. The first-order chi connectivity index (χ1) is 22.3. The maximum Gasteiger partial charge on any atom is 0.146 e. The van der Waals surface area contributed by atoms with Crippen LogP contribution in [0.2, 0.25) is 0 Å². The van der Waals surface area contributed by atoms with Crippen LogP contribution in [0.25, 0.3) is 67.5 Å². The van der Waals surface area contributed by atoms with Gasteiger partial charge in [0.15, 0.2) is 0 Å². The smallest absolute Gasteiger partial charge is 0.146 e. The predicted octanol–water partition coefficient (Wildman–Crippen LogP) is 9.91. The molecule has 0 amide bonds. The monoisotopic (exact) mass is 599 g/mol. The normalized spacial score (nSPS) is 12.6. The molecule has 0 radical (unpaired) electrons. The topological polar surface area (TPSA) is 57.2 Å². The quantitative estimate of drug-likeness (QED) is 0.185. The maximum absolute atomic E-state index is 6.56. The van der Waals surface area contributed by atoms with Gasteiger partial charge in [-0.3, -0.25) is 14.0 Å². The van der Waals surface area contributed by atoms with Crippen LogP contribution in [0.4, 0.5) is 0 Å². The molecular formula is C40H33N5O. The SMILES string of the molecule is C=Cc1c(/C=C(\C)Oc2ccc3c4ccccc4n(-c4cc(C(C)(C)C)ccn4)c3c2)c2nc3ccccc3n2c2cccnc12. The third-order valence-electron chi connectivity index (χ3n) is 8.69. The highest BCUT2D eigenvalue weighted by molar-refractivity contribution is 6.09. The summed E-state index contributed by atoms with van der Waals surface area (Å²) in [4.78, 5) is 14.6. The first-order valence-electron chi connectivity index (χ1n) is 15.5. The molecule has 46 heavy (non-hydrogen) atoms. The zero-order chi connectivity index (χ0) is 31.6. The van der Waals surface area contributed by atoms with Crippen LogP contribution in [-0.4, -0.2) is 23.9 Å². The highest BCUT2D eigenvalue weighted by atomic mass is 16.5. The molecule has 0 aliphatic carbocycles. The highest BCUT2D eigenvalue weighted by Crippen LogP contribution is 2.36. The van der Waals surface area contributed by atoms with Crippen LogP contribution in [-0.2, 0) is 5.41 Å². The molecule has 0 fully saturated rings. The fraction of sp³-hybridized carbons (Fsp3) is 0.125. The zero-order valence-corrected chi connectivity index (χ0v) is 26.3. The van der Waals surface area contributed by atoms with Crippen molar-refractivity contribution in [2.24, 2.45) is 0 Å². The molecule has 8 aromatic rings. The van der Waals surface area contributed by atoms with E-state index in [1.54, 1.807) is 0 Å². The van der Waals surface area contributed by atoms with Crippen LogP contribution < -0.4 is 4.74 Å². The van der Waals surface area contributed by atoms with Gasteiger partial charge in [-0.2, -0.15) is 0 Å². The Morgan fingerprint density at radius 3 is 2.35 bits per heavy atom. The van der Waals surface area contributed by atoms with Crippen molar-refractivity contribution in [3.63, 3.8) is 0 Å². The maximum atomic E-state index is 6.56. The van der Waals surface area contributed by atoms with E-state index in [9.17, 15) is 0 Å². The number of allylic oxidation sites excluding steroid dienone is 1. The third kappa shape index (κ3) is 4.37. The Bertz CT molecular complexity index is 2530. The average Bonchev–Trinajstić information content (AvgIpc) is 3.61. The molecule has 8 rings (SSSR count). The summed E-state index contributed by atoms with van der Waals surface area (Å²) in [5.74, 6) is 2.35. The lowest BCUT2D eigenvalue weighted by atomic mass is 9.88. The van der Waals surface area contributed by atoms with Gasteiger partial charge in [0.05, 0.1) is 33.1 Å². The van der Waals surface area contributed by atoms with Gasteiger partial charge in [-0.25, -0.2) is 9.97 Å². The van der Waals surface area contributed by atoms with E-state index in [1.807, 2.05) is 61.8 Å². The number of hydrogen-bond donors (Lipinski definition) is 0. The largest absolute Gasteiger partial charge is 0.462 e. The molecule has 0 N–H and O–H groups in total. The lowest BCUT2D eigenvalue weighted by molar-refractivity contribution is 0.433. The number of hydrogen-bond acceptors (Lipinski definition) is 4. The van der Waals surface area contributed by atoms with E-state index < -0.39 is 0 Å². The van der Waals surface area contributed by atoms with Crippen LogP contribution in [0.5, 0.6) is 5.75 Å². The first-order valence-corrected chi connectivity index (χ1v) is 15.5. The van der Waals surface area contributed by atoms with Gasteiger partial charge in [0.1, 0.15) is 23.0 Å². The molecule has 3 aromatic carbocycles. The van der Waals surface area contributed by atoms with Gasteiger partial charge < -0.3 is 4.74 Å². The second kappa shape index (κ2) is 10.4. The van der Waals surface area contributed by atoms with E-state index in [0.29, 0.717) is 0 Å². The summed E-state index contributed by atoms with van der Waals surface area (Å²) in [5, 5.41) is 2.32. The molecule has 6 heteroatoms. The zero-order valence-electron chi connectivity index (χ0n) is 26.3. The second-order valence-corrected chi connectivity index (χ2v) is 12.7. The van der Waals surface area contributed by atoms with Crippen molar-refractivity contribution in [3.05, 3.63) is 132 Å². The molecule has 0 aliphatic rings. The molecule has 0 unspecified atom stereocenters. The Hall–Kier alpha value is -5.75. The first kappa shape index (κ1) is 27.8. The van der Waals surface area contributed by atoms with E-state index in [-0.39, 0.29) is 5.41 Å². The van der Waals surface area contributed by atoms with E-state index in [2.05, 4.69) is 97.0 Å². The summed E-state index contributed by atoms with van der Waals surface area (Å²) in [6.45, 7) is 12.8. The summed E-state index contributed by atoms with van der Waals surface area (Å²) in [5.41, 5.74) is 9.84. The Morgan fingerprint density at radius 1 is 0.761 bits per heavy atom. The number of pyridine rings is 3. The lowest BCUT2D eigenvalue weighted by Gasteiger charge is -2.20. The minimum atomic E-state index is 0.00131. The Kier molecular flexibility index (Phi) is 6.29. The molecule has 0 atom stereocenters. The molecule has 5 heterocycles. The number of nitrogens with zero attached hydrogens (tertiary/aromatic N) is 5. The second-order valence-electron chi connectivity index (χ2n) is 12.7. The van der Waals surface area contributed by atoms with Gasteiger partial charge >= 0.3 is 0 Å². The van der Waals surface area contributed by atoms with Crippen LogP contribution in [0.15, 0.2) is 116 Å². The number of fused-ring (bicyclic) bond motifs is 8. The summed E-state index contributed by atoms with van der Waals surface area (Å²) in [6, 6.07) is 31.2. The van der Waals surface area contributed by atoms with E-state index in [1.165, 1.54) is 10.9 Å². The molecule has 0 saturated carbocycles. The number of para-hydroxylation sites is 3. The van der Waals surface area contributed by atoms with E-state index in [0.717, 1.165) is 72.6 Å². The summed E-state index contributed by atoms with van der Waals surface area (Å²) >= 11 is 0. The molecular weight excluding hydrogens is 566 g/mol.